The van der Waals surface area contributed by atoms with Gasteiger partial charge in [0.25, 0.3) is 0 Å². The van der Waals surface area contributed by atoms with Crippen molar-refractivity contribution in [3.63, 3.8) is 0 Å². The second kappa shape index (κ2) is 9.26. The maximum absolute atomic E-state index is 12.7. The van der Waals surface area contributed by atoms with E-state index in [2.05, 4.69) is 26.1 Å². The number of anilines is 1. The summed E-state index contributed by atoms with van der Waals surface area (Å²) < 4.78 is 5.96. The van der Waals surface area contributed by atoms with E-state index >= 15 is 0 Å². The first-order valence-corrected chi connectivity index (χ1v) is 10.6. The van der Waals surface area contributed by atoms with E-state index in [0.717, 1.165) is 9.90 Å². The third kappa shape index (κ3) is 4.75. The Balaban J connectivity index is 1.93. The Labute approximate surface area is 175 Å². The first kappa shape index (κ1) is 20.4. The minimum absolute atomic E-state index is 0.228. The molecule has 8 nitrogen and oxygen atoms in total. The lowest BCUT2D eigenvalue weighted by molar-refractivity contribution is -0.139. The zero-order valence-corrected chi connectivity index (χ0v) is 17.5. The van der Waals surface area contributed by atoms with Crippen molar-refractivity contribution < 1.29 is 14.3 Å². The number of aromatic nitrogens is 2. The number of hydrogen-bond acceptors (Lipinski definition) is 8. The highest BCUT2D eigenvalue weighted by Gasteiger charge is 2.33. The third-order valence-electron chi connectivity index (χ3n) is 3.81. The highest BCUT2D eigenvalue weighted by Crippen LogP contribution is 2.32. The van der Waals surface area contributed by atoms with E-state index in [4.69, 9.17) is 16.3 Å². The van der Waals surface area contributed by atoms with Crippen molar-refractivity contribution in [2.45, 2.75) is 17.3 Å². The Kier molecular flexibility index (Phi) is 6.76. The molecule has 1 aliphatic rings. The zero-order valence-electron chi connectivity index (χ0n) is 15.1. The van der Waals surface area contributed by atoms with Crippen LogP contribution in [0.2, 0.25) is 5.02 Å². The maximum Gasteiger partial charge on any atom is 0.338 e. The fourth-order valence-corrected chi connectivity index (χ4v) is 4.39. The Hall–Kier alpha value is -2.30. The topological polar surface area (TPSA) is 105 Å². The van der Waals surface area contributed by atoms with Gasteiger partial charge >= 0.3 is 12.0 Å². The minimum atomic E-state index is -0.636. The molecule has 0 spiro atoms. The van der Waals surface area contributed by atoms with Crippen LogP contribution in [0.3, 0.4) is 0 Å². The fourth-order valence-electron chi connectivity index (χ4n) is 2.59. The van der Waals surface area contributed by atoms with E-state index in [0.29, 0.717) is 27.2 Å². The number of nitrogens with one attached hydrogen (secondary N) is 3. The van der Waals surface area contributed by atoms with Crippen molar-refractivity contribution >= 4 is 51.8 Å². The van der Waals surface area contributed by atoms with Gasteiger partial charge < -0.3 is 20.7 Å². The lowest BCUT2D eigenvalue weighted by Crippen LogP contribution is -2.46. The van der Waals surface area contributed by atoms with E-state index in [9.17, 15) is 9.59 Å². The van der Waals surface area contributed by atoms with Gasteiger partial charge in [-0.2, -0.15) is 0 Å². The van der Waals surface area contributed by atoms with Gasteiger partial charge in [-0.25, -0.2) is 9.59 Å². The van der Waals surface area contributed by atoms with Crippen LogP contribution in [0, 0.1) is 0 Å². The molecule has 1 aromatic carbocycles. The molecular formula is C17H18ClN5O3S2. The van der Waals surface area contributed by atoms with E-state index in [1.807, 2.05) is 0 Å². The van der Waals surface area contributed by atoms with Gasteiger partial charge in [0.1, 0.15) is 0 Å². The van der Waals surface area contributed by atoms with Gasteiger partial charge in [-0.15, -0.1) is 10.2 Å². The summed E-state index contributed by atoms with van der Waals surface area (Å²) in [4.78, 5) is 24.9. The summed E-state index contributed by atoms with van der Waals surface area (Å²) in [5.74, 6) is -0.150. The number of esters is 1. The van der Waals surface area contributed by atoms with E-state index in [-0.39, 0.29) is 6.61 Å². The average Bonchev–Trinajstić information content (AvgIpc) is 3.14. The lowest BCUT2D eigenvalue weighted by atomic mass is 9.95. The number of ether oxygens (including phenoxy) is 1. The predicted molar refractivity (Wildman–Crippen MR) is 110 cm³/mol. The molecule has 2 heterocycles. The van der Waals surface area contributed by atoms with Crippen LogP contribution in [0.5, 0.6) is 0 Å². The van der Waals surface area contributed by atoms with Crippen LogP contribution in [-0.4, -0.2) is 41.6 Å². The van der Waals surface area contributed by atoms with Crippen LogP contribution in [0.15, 0.2) is 39.9 Å². The summed E-state index contributed by atoms with van der Waals surface area (Å²) in [5, 5.41) is 17.8. The van der Waals surface area contributed by atoms with Crippen LogP contribution >= 0.6 is 34.7 Å². The summed E-state index contributed by atoms with van der Waals surface area (Å²) in [6.07, 6.45) is 0. The average molecular weight is 440 g/mol. The van der Waals surface area contributed by atoms with Crippen molar-refractivity contribution in [2.75, 3.05) is 24.7 Å². The molecule has 1 atom stereocenters. The molecule has 2 aromatic rings. The standard InChI is InChI=1S/C17H18ClN5O3S2/c1-3-26-14(24)12-11(8-27-17-23-22-16(19-2)28-17)20-15(25)21-13(12)9-4-6-10(18)7-5-9/h4-7,13H,3,8H2,1-2H3,(H,19,22)(H2,20,21,25). The van der Waals surface area contributed by atoms with Crippen LogP contribution in [0.25, 0.3) is 0 Å². The van der Waals surface area contributed by atoms with Crippen molar-refractivity contribution in [2.24, 2.45) is 0 Å². The zero-order chi connectivity index (χ0) is 20.1. The van der Waals surface area contributed by atoms with Gasteiger partial charge in [0.05, 0.1) is 18.2 Å². The largest absolute Gasteiger partial charge is 0.463 e. The number of nitrogens with zero attached hydrogens (tertiary/aromatic N) is 2. The van der Waals surface area contributed by atoms with Crippen LogP contribution in [0.1, 0.15) is 18.5 Å². The monoisotopic (exact) mass is 439 g/mol. The Morgan fingerprint density at radius 2 is 2.11 bits per heavy atom. The lowest BCUT2D eigenvalue weighted by Gasteiger charge is -2.29. The highest BCUT2D eigenvalue weighted by atomic mass is 35.5. The molecule has 28 heavy (non-hydrogen) atoms. The second-order valence-electron chi connectivity index (χ2n) is 5.61. The quantitative estimate of drug-likeness (QED) is 0.449. The van der Waals surface area contributed by atoms with E-state index < -0.39 is 18.0 Å². The van der Waals surface area contributed by atoms with Gasteiger partial charge in [-0.3, -0.25) is 0 Å². The van der Waals surface area contributed by atoms with E-state index in [1.165, 1.54) is 23.1 Å². The third-order valence-corrected chi connectivity index (χ3v) is 6.17. The molecule has 148 valence electrons. The SMILES string of the molecule is CCOC(=O)C1=C(CSc2nnc(NC)s2)NC(=O)NC1c1ccc(Cl)cc1. The fraction of sp³-hybridized carbons (Fsp3) is 0.294. The number of carbonyl (C=O) groups excluding carboxylic acids is 2. The van der Waals surface area contributed by atoms with Gasteiger partial charge in [-0.05, 0) is 24.6 Å². The van der Waals surface area contributed by atoms with Crippen LogP contribution in [-0.2, 0) is 9.53 Å². The van der Waals surface area contributed by atoms with Crippen molar-refractivity contribution in [1.82, 2.24) is 20.8 Å². The van der Waals surface area contributed by atoms with Crippen molar-refractivity contribution in [3.8, 4) is 0 Å². The number of urea groups is 1. The maximum atomic E-state index is 12.7. The molecule has 0 saturated carbocycles. The molecule has 1 aliphatic heterocycles. The number of amides is 2. The summed E-state index contributed by atoms with van der Waals surface area (Å²) in [6, 6.07) is 5.93. The van der Waals surface area contributed by atoms with Gasteiger partial charge in [0.15, 0.2) is 4.34 Å². The summed E-state index contributed by atoms with van der Waals surface area (Å²) >= 11 is 8.73. The first-order chi connectivity index (χ1) is 13.5. The molecule has 1 aromatic heterocycles. The molecule has 3 N–H and O–H groups in total. The number of rotatable bonds is 7. The molecule has 0 fully saturated rings. The molecular weight excluding hydrogens is 422 g/mol. The number of benzene rings is 1. The molecule has 11 heteroatoms. The normalized spacial score (nSPS) is 16.4. The van der Waals surface area contributed by atoms with E-state index in [1.54, 1.807) is 38.2 Å². The Bertz CT molecular complexity index is 900. The number of carbonyl (C=O) groups is 2. The van der Waals surface area contributed by atoms with Crippen LogP contribution in [0.4, 0.5) is 9.93 Å². The molecule has 0 saturated heterocycles. The molecule has 2 amide bonds. The second-order valence-corrected chi connectivity index (χ2v) is 8.24. The molecule has 0 bridgehead atoms. The number of halogens is 1. The van der Waals surface area contributed by atoms with Gasteiger partial charge in [-0.1, -0.05) is 46.8 Å². The molecule has 0 radical (unpaired) electrons. The predicted octanol–water partition coefficient (Wildman–Crippen LogP) is 3.20. The Morgan fingerprint density at radius 3 is 2.75 bits per heavy atom. The smallest absolute Gasteiger partial charge is 0.338 e. The molecule has 0 aliphatic carbocycles. The first-order valence-electron chi connectivity index (χ1n) is 8.39. The van der Waals surface area contributed by atoms with Gasteiger partial charge in [0.2, 0.25) is 5.13 Å². The van der Waals surface area contributed by atoms with Crippen LogP contribution < -0.4 is 16.0 Å². The minimum Gasteiger partial charge on any atom is -0.463 e. The summed E-state index contributed by atoms with van der Waals surface area (Å²) in [7, 11) is 1.76. The number of hydrogen-bond donors (Lipinski definition) is 3. The highest BCUT2D eigenvalue weighted by molar-refractivity contribution is 8.01. The molecule has 3 rings (SSSR count). The molecule has 1 unspecified atom stereocenters. The van der Waals surface area contributed by atoms with Crippen molar-refractivity contribution in [1.29, 1.82) is 0 Å². The summed E-state index contributed by atoms with van der Waals surface area (Å²) in [5.41, 5.74) is 1.57. The number of thioether (sulfide) groups is 1. The van der Waals surface area contributed by atoms with Crippen molar-refractivity contribution in [3.05, 3.63) is 46.1 Å². The Morgan fingerprint density at radius 1 is 1.36 bits per heavy atom. The van der Waals surface area contributed by atoms with Gasteiger partial charge in [0, 0.05) is 23.5 Å². The summed E-state index contributed by atoms with van der Waals surface area (Å²) in [6.45, 7) is 1.96.